The molecule has 0 spiro atoms. The van der Waals surface area contributed by atoms with Gasteiger partial charge in [0.2, 0.25) is 0 Å². The van der Waals surface area contributed by atoms with Crippen molar-refractivity contribution < 1.29 is 9.53 Å². The molecule has 5 heteroatoms. The average Bonchev–Trinajstić information content (AvgIpc) is 2.31. The molecule has 1 saturated heterocycles. The van der Waals surface area contributed by atoms with E-state index in [2.05, 4.69) is 15.5 Å². The summed E-state index contributed by atoms with van der Waals surface area (Å²) in [6.07, 6.45) is 3.28. The van der Waals surface area contributed by atoms with Crippen LogP contribution in [0, 0.1) is 0 Å². The van der Waals surface area contributed by atoms with E-state index >= 15 is 0 Å². The van der Waals surface area contributed by atoms with Gasteiger partial charge in [-0.15, -0.1) is 5.10 Å². The molecule has 1 aromatic rings. The lowest BCUT2D eigenvalue weighted by molar-refractivity contribution is 0.0693. The van der Waals surface area contributed by atoms with E-state index in [0.717, 1.165) is 12.8 Å². The third-order valence-corrected chi connectivity index (χ3v) is 2.36. The maximum absolute atomic E-state index is 11.7. The van der Waals surface area contributed by atoms with Crippen molar-refractivity contribution in [2.45, 2.75) is 18.9 Å². The molecule has 5 nitrogen and oxygen atoms in total. The summed E-state index contributed by atoms with van der Waals surface area (Å²) in [6.45, 7) is 1.43. The molecule has 1 aliphatic heterocycles. The minimum absolute atomic E-state index is 0.157. The van der Waals surface area contributed by atoms with Crippen molar-refractivity contribution in [2.75, 3.05) is 13.2 Å². The molecule has 80 valence electrons. The molecule has 0 unspecified atom stereocenters. The molecule has 1 amide bonds. The second-order valence-corrected chi connectivity index (χ2v) is 3.47. The zero-order chi connectivity index (χ0) is 10.5. The van der Waals surface area contributed by atoms with Gasteiger partial charge in [0.15, 0.2) is 5.69 Å². The Balaban J connectivity index is 1.91. The lowest BCUT2D eigenvalue weighted by Gasteiger charge is -2.22. The molecule has 0 radical (unpaired) electrons. The molecule has 2 heterocycles. The average molecular weight is 207 g/mol. The highest BCUT2D eigenvalue weighted by molar-refractivity contribution is 5.92. The van der Waals surface area contributed by atoms with E-state index in [1.165, 1.54) is 0 Å². The number of rotatable bonds is 2. The molecular weight excluding hydrogens is 194 g/mol. The number of amides is 1. The van der Waals surface area contributed by atoms with Gasteiger partial charge in [-0.3, -0.25) is 4.79 Å². The lowest BCUT2D eigenvalue weighted by Crippen LogP contribution is -2.39. The second-order valence-electron chi connectivity index (χ2n) is 3.47. The summed E-state index contributed by atoms with van der Waals surface area (Å²) in [4.78, 5) is 11.7. The second kappa shape index (κ2) is 4.84. The van der Waals surface area contributed by atoms with Gasteiger partial charge in [-0.05, 0) is 25.0 Å². The number of aromatic nitrogens is 2. The smallest absolute Gasteiger partial charge is 0.272 e. The van der Waals surface area contributed by atoms with Crippen LogP contribution < -0.4 is 5.32 Å². The molecule has 2 rings (SSSR count). The Labute approximate surface area is 87.8 Å². The fourth-order valence-electron chi connectivity index (χ4n) is 1.52. The minimum atomic E-state index is -0.157. The van der Waals surface area contributed by atoms with Crippen LogP contribution in [0.3, 0.4) is 0 Å². The Morgan fingerprint density at radius 1 is 1.47 bits per heavy atom. The fourth-order valence-corrected chi connectivity index (χ4v) is 1.52. The summed E-state index contributed by atoms with van der Waals surface area (Å²) in [5, 5.41) is 10.3. The lowest BCUT2D eigenvalue weighted by atomic mass is 10.1. The first-order chi connectivity index (χ1) is 7.36. The van der Waals surface area contributed by atoms with E-state index in [9.17, 15) is 4.79 Å². The molecule has 1 aromatic heterocycles. The number of ether oxygens (including phenoxy) is 1. The Bertz CT molecular complexity index is 323. The van der Waals surface area contributed by atoms with E-state index in [1.807, 2.05) is 0 Å². The Kier molecular flexibility index (Phi) is 3.24. The van der Waals surface area contributed by atoms with Crippen molar-refractivity contribution in [1.29, 1.82) is 0 Å². The summed E-state index contributed by atoms with van der Waals surface area (Å²) in [5.74, 6) is -0.157. The standard InChI is InChI=1S/C10H13N3O2/c14-10(9-2-1-5-11-13-9)12-8-3-6-15-7-4-8/h1-2,5,8H,3-4,6-7H2,(H,12,14). The third kappa shape index (κ3) is 2.73. The van der Waals surface area contributed by atoms with Gasteiger partial charge in [-0.25, -0.2) is 0 Å². The summed E-state index contributed by atoms with van der Waals surface area (Å²) in [7, 11) is 0. The van der Waals surface area contributed by atoms with Crippen LogP contribution in [0.15, 0.2) is 18.3 Å². The van der Waals surface area contributed by atoms with Crippen molar-refractivity contribution in [1.82, 2.24) is 15.5 Å². The van der Waals surface area contributed by atoms with Crippen molar-refractivity contribution in [3.8, 4) is 0 Å². The largest absolute Gasteiger partial charge is 0.381 e. The van der Waals surface area contributed by atoms with E-state index in [-0.39, 0.29) is 11.9 Å². The molecule has 0 aromatic carbocycles. The summed E-state index contributed by atoms with van der Waals surface area (Å²) >= 11 is 0. The van der Waals surface area contributed by atoms with E-state index in [0.29, 0.717) is 18.9 Å². The van der Waals surface area contributed by atoms with Gasteiger partial charge in [0, 0.05) is 25.5 Å². The highest BCUT2D eigenvalue weighted by Gasteiger charge is 2.17. The number of nitrogens with zero attached hydrogens (tertiary/aromatic N) is 2. The fraction of sp³-hybridized carbons (Fsp3) is 0.500. The highest BCUT2D eigenvalue weighted by Crippen LogP contribution is 2.06. The Hall–Kier alpha value is -1.49. The van der Waals surface area contributed by atoms with Gasteiger partial charge in [-0.1, -0.05) is 0 Å². The van der Waals surface area contributed by atoms with Crippen LogP contribution in [0.25, 0.3) is 0 Å². The van der Waals surface area contributed by atoms with Crippen LogP contribution in [0.5, 0.6) is 0 Å². The van der Waals surface area contributed by atoms with Crippen molar-refractivity contribution in [3.05, 3.63) is 24.0 Å². The van der Waals surface area contributed by atoms with Crippen molar-refractivity contribution in [3.63, 3.8) is 0 Å². The van der Waals surface area contributed by atoms with E-state index in [4.69, 9.17) is 4.74 Å². The van der Waals surface area contributed by atoms with E-state index < -0.39 is 0 Å². The first-order valence-corrected chi connectivity index (χ1v) is 5.02. The molecule has 1 N–H and O–H groups in total. The van der Waals surface area contributed by atoms with Gasteiger partial charge >= 0.3 is 0 Å². The van der Waals surface area contributed by atoms with Gasteiger partial charge in [0.05, 0.1) is 0 Å². The summed E-state index contributed by atoms with van der Waals surface area (Å²) in [6, 6.07) is 3.56. The van der Waals surface area contributed by atoms with Crippen LogP contribution in [0.4, 0.5) is 0 Å². The highest BCUT2D eigenvalue weighted by atomic mass is 16.5. The van der Waals surface area contributed by atoms with Crippen LogP contribution >= 0.6 is 0 Å². The van der Waals surface area contributed by atoms with Crippen molar-refractivity contribution >= 4 is 5.91 Å². The third-order valence-electron chi connectivity index (χ3n) is 2.36. The molecule has 15 heavy (non-hydrogen) atoms. The van der Waals surface area contributed by atoms with Gasteiger partial charge in [-0.2, -0.15) is 5.10 Å². The predicted octanol–water partition coefficient (Wildman–Crippen LogP) is 0.385. The molecule has 0 atom stereocenters. The maximum Gasteiger partial charge on any atom is 0.272 e. The molecule has 0 aliphatic carbocycles. The zero-order valence-electron chi connectivity index (χ0n) is 8.35. The van der Waals surface area contributed by atoms with Crippen LogP contribution in [0.1, 0.15) is 23.3 Å². The predicted molar refractivity (Wildman–Crippen MR) is 53.3 cm³/mol. The quantitative estimate of drug-likeness (QED) is 0.761. The topological polar surface area (TPSA) is 64.1 Å². The normalized spacial score (nSPS) is 17.3. The first-order valence-electron chi connectivity index (χ1n) is 5.02. The van der Waals surface area contributed by atoms with Gasteiger partial charge in [0.25, 0.3) is 5.91 Å². The van der Waals surface area contributed by atoms with Crippen LogP contribution in [-0.2, 0) is 4.74 Å². The minimum Gasteiger partial charge on any atom is -0.381 e. The first kappa shape index (κ1) is 10.0. The van der Waals surface area contributed by atoms with Gasteiger partial charge < -0.3 is 10.1 Å². The van der Waals surface area contributed by atoms with Crippen LogP contribution in [0.2, 0.25) is 0 Å². The summed E-state index contributed by atoms with van der Waals surface area (Å²) in [5.41, 5.74) is 0.365. The number of carbonyl (C=O) groups excluding carboxylic acids is 1. The van der Waals surface area contributed by atoms with Gasteiger partial charge in [0.1, 0.15) is 0 Å². The maximum atomic E-state index is 11.7. The van der Waals surface area contributed by atoms with Crippen molar-refractivity contribution in [2.24, 2.45) is 0 Å². The van der Waals surface area contributed by atoms with Crippen LogP contribution in [-0.4, -0.2) is 35.4 Å². The molecule has 1 fully saturated rings. The molecule has 0 bridgehead atoms. The zero-order valence-corrected chi connectivity index (χ0v) is 8.35. The number of nitrogens with one attached hydrogen (secondary N) is 1. The number of hydrogen-bond donors (Lipinski definition) is 1. The molecule has 0 saturated carbocycles. The number of hydrogen-bond acceptors (Lipinski definition) is 4. The number of carbonyl (C=O) groups is 1. The SMILES string of the molecule is O=C(NC1CCOCC1)c1cccnn1. The Morgan fingerprint density at radius 3 is 2.93 bits per heavy atom. The molecule has 1 aliphatic rings. The monoisotopic (exact) mass is 207 g/mol. The molecular formula is C10H13N3O2. The van der Waals surface area contributed by atoms with E-state index in [1.54, 1.807) is 18.3 Å². The summed E-state index contributed by atoms with van der Waals surface area (Å²) < 4.78 is 5.21. The Morgan fingerprint density at radius 2 is 2.27 bits per heavy atom.